The SMILES string of the molecule is CC(C)CNC(=O)c1nnc2n1CC1(CCN(C(=O)C3CC(C)C3)C1)OC2. The number of hydrogen-bond donors (Lipinski definition) is 1. The van der Waals surface area contributed by atoms with Gasteiger partial charge in [0.25, 0.3) is 5.91 Å². The van der Waals surface area contributed by atoms with Gasteiger partial charge in [-0.1, -0.05) is 20.8 Å². The van der Waals surface area contributed by atoms with E-state index in [1.807, 2.05) is 9.47 Å². The molecule has 1 spiro atoms. The Morgan fingerprint density at radius 1 is 1.30 bits per heavy atom. The van der Waals surface area contributed by atoms with E-state index in [4.69, 9.17) is 4.74 Å². The summed E-state index contributed by atoms with van der Waals surface area (Å²) >= 11 is 0. The Morgan fingerprint density at radius 3 is 2.78 bits per heavy atom. The Kier molecular flexibility index (Phi) is 4.70. The summed E-state index contributed by atoms with van der Waals surface area (Å²) in [7, 11) is 0. The predicted molar refractivity (Wildman–Crippen MR) is 97.8 cm³/mol. The average molecular weight is 375 g/mol. The number of nitrogens with zero attached hydrogens (tertiary/aromatic N) is 4. The molecule has 1 aliphatic carbocycles. The summed E-state index contributed by atoms with van der Waals surface area (Å²) in [6, 6.07) is 0. The van der Waals surface area contributed by atoms with Crippen LogP contribution in [0, 0.1) is 17.8 Å². The van der Waals surface area contributed by atoms with Gasteiger partial charge in [0.15, 0.2) is 5.82 Å². The molecule has 0 aromatic carbocycles. The van der Waals surface area contributed by atoms with Gasteiger partial charge in [-0.3, -0.25) is 9.59 Å². The highest BCUT2D eigenvalue weighted by Gasteiger charge is 2.47. The van der Waals surface area contributed by atoms with Crippen molar-refractivity contribution in [1.29, 1.82) is 0 Å². The zero-order chi connectivity index (χ0) is 19.2. The molecule has 1 aromatic heterocycles. The third-order valence-electron chi connectivity index (χ3n) is 6.01. The van der Waals surface area contributed by atoms with Gasteiger partial charge in [0.2, 0.25) is 11.7 Å². The highest BCUT2D eigenvalue weighted by atomic mass is 16.5. The average Bonchev–Trinajstić information content (AvgIpc) is 3.21. The second-order valence-electron chi connectivity index (χ2n) is 8.88. The molecule has 1 saturated carbocycles. The molecule has 8 heteroatoms. The fourth-order valence-corrected chi connectivity index (χ4v) is 4.35. The lowest BCUT2D eigenvalue weighted by molar-refractivity contribution is -0.141. The summed E-state index contributed by atoms with van der Waals surface area (Å²) in [4.78, 5) is 27.1. The van der Waals surface area contributed by atoms with Crippen LogP contribution in [0.25, 0.3) is 0 Å². The van der Waals surface area contributed by atoms with Crippen LogP contribution >= 0.6 is 0 Å². The van der Waals surface area contributed by atoms with Gasteiger partial charge in [-0.15, -0.1) is 10.2 Å². The molecule has 2 amide bonds. The summed E-state index contributed by atoms with van der Waals surface area (Å²) in [6.07, 6.45) is 2.78. The molecule has 0 radical (unpaired) electrons. The van der Waals surface area contributed by atoms with Gasteiger partial charge in [-0.2, -0.15) is 0 Å². The second-order valence-corrected chi connectivity index (χ2v) is 8.88. The summed E-state index contributed by atoms with van der Waals surface area (Å²) in [6.45, 7) is 9.05. The maximum absolute atomic E-state index is 12.7. The van der Waals surface area contributed by atoms with Crippen molar-refractivity contribution in [2.24, 2.45) is 17.8 Å². The second kappa shape index (κ2) is 6.89. The highest BCUT2D eigenvalue weighted by molar-refractivity contribution is 5.90. The van der Waals surface area contributed by atoms with Crippen molar-refractivity contribution in [3.8, 4) is 0 Å². The first kappa shape index (κ1) is 18.4. The van der Waals surface area contributed by atoms with Crippen LogP contribution in [-0.4, -0.2) is 56.7 Å². The number of amides is 2. The lowest BCUT2D eigenvalue weighted by Crippen LogP contribution is -2.47. The van der Waals surface area contributed by atoms with Crippen LogP contribution in [-0.2, 0) is 22.7 Å². The Labute approximate surface area is 159 Å². The van der Waals surface area contributed by atoms with E-state index >= 15 is 0 Å². The first-order valence-corrected chi connectivity index (χ1v) is 10.00. The molecule has 148 valence electrons. The fourth-order valence-electron chi connectivity index (χ4n) is 4.35. The van der Waals surface area contributed by atoms with Crippen molar-refractivity contribution in [1.82, 2.24) is 25.0 Å². The number of likely N-dealkylation sites (tertiary alicyclic amines) is 1. The third-order valence-corrected chi connectivity index (χ3v) is 6.01. The third kappa shape index (κ3) is 3.47. The molecule has 1 aromatic rings. The molecular formula is C19H29N5O3. The van der Waals surface area contributed by atoms with E-state index in [-0.39, 0.29) is 17.7 Å². The summed E-state index contributed by atoms with van der Waals surface area (Å²) < 4.78 is 8.00. The summed E-state index contributed by atoms with van der Waals surface area (Å²) in [5.74, 6) is 2.29. The smallest absolute Gasteiger partial charge is 0.289 e. The van der Waals surface area contributed by atoms with Crippen LogP contribution in [0.15, 0.2) is 0 Å². The Hall–Kier alpha value is -1.96. The number of carbonyl (C=O) groups is 2. The quantitative estimate of drug-likeness (QED) is 0.854. The minimum atomic E-state index is -0.437. The highest BCUT2D eigenvalue weighted by Crippen LogP contribution is 2.38. The van der Waals surface area contributed by atoms with Gasteiger partial charge in [0, 0.05) is 19.0 Å². The van der Waals surface area contributed by atoms with E-state index in [2.05, 4.69) is 36.3 Å². The molecule has 0 bridgehead atoms. The lowest BCUT2D eigenvalue weighted by Gasteiger charge is -2.37. The van der Waals surface area contributed by atoms with Gasteiger partial charge in [0.1, 0.15) is 12.2 Å². The molecule has 8 nitrogen and oxygen atoms in total. The van der Waals surface area contributed by atoms with E-state index in [0.29, 0.717) is 49.7 Å². The molecule has 4 rings (SSSR count). The van der Waals surface area contributed by atoms with Crippen molar-refractivity contribution in [2.45, 2.75) is 58.8 Å². The van der Waals surface area contributed by atoms with Crippen molar-refractivity contribution in [2.75, 3.05) is 19.6 Å². The van der Waals surface area contributed by atoms with Crippen LogP contribution in [0.1, 0.15) is 56.5 Å². The molecule has 1 N–H and O–H groups in total. The van der Waals surface area contributed by atoms with Crippen LogP contribution in [0.5, 0.6) is 0 Å². The van der Waals surface area contributed by atoms with Crippen molar-refractivity contribution in [3.05, 3.63) is 11.6 Å². The van der Waals surface area contributed by atoms with Crippen molar-refractivity contribution in [3.63, 3.8) is 0 Å². The minimum absolute atomic E-state index is 0.182. The molecule has 2 aliphatic heterocycles. The van der Waals surface area contributed by atoms with Gasteiger partial charge in [-0.05, 0) is 31.1 Å². The minimum Gasteiger partial charge on any atom is -0.363 e. The fraction of sp³-hybridized carbons (Fsp3) is 0.789. The molecule has 1 saturated heterocycles. The molecule has 2 fully saturated rings. The maximum atomic E-state index is 12.7. The van der Waals surface area contributed by atoms with E-state index < -0.39 is 5.60 Å². The zero-order valence-electron chi connectivity index (χ0n) is 16.4. The summed E-state index contributed by atoms with van der Waals surface area (Å²) in [5, 5.41) is 11.1. The monoisotopic (exact) mass is 375 g/mol. The van der Waals surface area contributed by atoms with Gasteiger partial charge in [-0.25, -0.2) is 0 Å². The number of aromatic nitrogens is 3. The topological polar surface area (TPSA) is 89.4 Å². The van der Waals surface area contributed by atoms with Crippen LogP contribution in [0.2, 0.25) is 0 Å². The lowest BCUT2D eigenvalue weighted by atomic mass is 9.75. The molecule has 3 aliphatic rings. The molecule has 3 heterocycles. The Morgan fingerprint density at radius 2 is 2.07 bits per heavy atom. The largest absolute Gasteiger partial charge is 0.363 e. The van der Waals surface area contributed by atoms with Crippen LogP contribution in [0.4, 0.5) is 0 Å². The number of fused-ring (bicyclic) bond motifs is 1. The summed E-state index contributed by atoms with van der Waals surface area (Å²) in [5.41, 5.74) is -0.437. The number of nitrogens with one attached hydrogen (secondary N) is 1. The van der Waals surface area contributed by atoms with E-state index in [1.54, 1.807) is 0 Å². The number of hydrogen-bond acceptors (Lipinski definition) is 5. The Bertz CT molecular complexity index is 740. The number of carbonyl (C=O) groups excluding carboxylic acids is 2. The molecule has 27 heavy (non-hydrogen) atoms. The molecule has 1 unspecified atom stereocenters. The van der Waals surface area contributed by atoms with Crippen molar-refractivity contribution < 1.29 is 14.3 Å². The van der Waals surface area contributed by atoms with Crippen LogP contribution in [0.3, 0.4) is 0 Å². The van der Waals surface area contributed by atoms with Crippen molar-refractivity contribution >= 4 is 11.8 Å². The van der Waals surface area contributed by atoms with Gasteiger partial charge >= 0.3 is 0 Å². The van der Waals surface area contributed by atoms with Crippen LogP contribution < -0.4 is 5.32 Å². The maximum Gasteiger partial charge on any atom is 0.289 e. The Balaban J connectivity index is 1.44. The van der Waals surface area contributed by atoms with E-state index in [9.17, 15) is 9.59 Å². The molecular weight excluding hydrogens is 346 g/mol. The molecule has 1 atom stereocenters. The van der Waals surface area contributed by atoms with Gasteiger partial charge < -0.3 is 19.5 Å². The zero-order valence-corrected chi connectivity index (χ0v) is 16.4. The first-order valence-electron chi connectivity index (χ1n) is 10.00. The standard InChI is InChI=1S/C19H29N5O3/c1-12(2)8-20-17(25)16-22-21-15-9-27-19(11-24(15)16)4-5-23(10-19)18(26)14-6-13(3)7-14/h12-14H,4-11H2,1-3H3,(H,20,25). The van der Waals surface area contributed by atoms with E-state index in [0.717, 1.165) is 25.8 Å². The number of ether oxygens (including phenoxy) is 1. The van der Waals surface area contributed by atoms with Gasteiger partial charge in [0.05, 0.1) is 13.1 Å². The predicted octanol–water partition coefficient (Wildman–Crippen LogP) is 1.21. The number of rotatable bonds is 4. The van der Waals surface area contributed by atoms with E-state index in [1.165, 1.54) is 0 Å². The first-order chi connectivity index (χ1) is 12.9. The normalized spacial score (nSPS) is 29.7.